The lowest BCUT2D eigenvalue weighted by molar-refractivity contribution is -0.138. The summed E-state index contributed by atoms with van der Waals surface area (Å²) in [6.45, 7) is 2.84. The third-order valence-corrected chi connectivity index (χ3v) is 5.30. The molecule has 1 atom stereocenters. The van der Waals surface area contributed by atoms with E-state index in [0.29, 0.717) is 25.9 Å². The maximum Gasteiger partial charge on any atom is 0.242 e. The topological polar surface area (TPSA) is 66.5 Å². The number of likely N-dealkylation sites (tertiary alicyclic amines) is 1. The zero-order chi connectivity index (χ0) is 18.2. The van der Waals surface area contributed by atoms with Crippen molar-refractivity contribution in [2.45, 2.75) is 44.3 Å². The number of ketones is 1. The lowest BCUT2D eigenvalue weighted by Crippen LogP contribution is -2.32. The van der Waals surface area contributed by atoms with E-state index in [-0.39, 0.29) is 22.8 Å². The minimum absolute atomic E-state index is 0.0594. The summed E-state index contributed by atoms with van der Waals surface area (Å²) in [6, 6.07) is 7.95. The minimum Gasteiger partial charge on any atom is -0.378 e. The number of amides is 2. The van der Waals surface area contributed by atoms with Crippen molar-refractivity contribution in [3.63, 3.8) is 0 Å². The Morgan fingerprint density at radius 3 is 2.56 bits per heavy atom. The van der Waals surface area contributed by atoms with Crippen LogP contribution in [0.3, 0.4) is 0 Å². The number of Topliss-reactive ketones (excluding diaryl/α,β-unsaturated/α-hetero) is 1. The fourth-order valence-corrected chi connectivity index (χ4v) is 3.44. The van der Waals surface area contributed by atoms with Gasteiger partial charge in [0.1, 0.15) is 0 Å². The number of nitrogens with zero attached hydrogens (tertiary/aromatic N) is 1. The van der Waals surface area contributed by atoms with Gasteiger partial charge in [-0.05, 0) is 38.2 Å². The molecule has 1 unspecified atom stereocenters. The van der Waals surface area contributed by atoms with Crippen molar-refractivity contribution in [2.75, 3.05) is 24.7 Å². The average molecular weight is 362 g/mol. The molecule has 1 aliphatic rings. The third-order valence-electron chi connectivity index (χ3n) is 4.37. The predicted molar refractivity (Wildman–Crippen MR) is 102 cm³/mol. The fourth-order valence-electron chi connectivity index (χ4n) is 2.80. The van der Waals surface area contributed by atoms with E-state index in [2.05, 4.69) is 5.32 Å². The molecule has 1 heterocycles. The van der Waals surface area contributed by atoms with Gasteiger partial charge in [-0.15, -0.1) is 0 Å². The summed E-state index contributed by atoms with van der Waals surface area (Å²) in [7, 11) is 0. The van der Waals surface area contributed by atoms with E-state index in [1.807, 2.05) is 37.4 Å². The number of hydrogen-bond donors (Lipinski definition) is 1. The molecule has 6 heteroatoms. The summed E-state index contributed by atoms with van der Waals surface area (Å²) in [5.41, 5.74) is 2.14. The molecule has 2 rings (SSSR count). The molecule has 2 amide bonds. The second-order valence-electron chi connectivity index (χ2n) is 6.38. The van der Waals surface area contributed by atoms with E-state index in [1.165, 1.54) is 22.2 Å². The van der Waals surface area contributed by atoms with Crippen molar-refractivity contribution in [1.29, 1.82) is 0 Å². The molecule has 0 saturated carbocycles. The van der Waals surface area contributed by atoms with Crippen molar-refractivity contribution < 1.29 is 14.4 Å². The number of aryl methyl sites for hydroxylation is 1. The maximum absolute atomic E-state index is 12.0. The van der Waals surface area contributed by atoms with Crippen LogP contribution in [-0.4, -0.2) is 47.1 Å². The van der Waals surface area contributed by atoms with E-state index in [9.17, 15) is 14.4 Å². The van der Waals surface area contributed by atoms with E-state index in [1.54, 1.807) is 0 Å². The van der Waals surface area contributed by atoms with Crippen LogP contribution >= 0.6 is 11.8 Å². The summed E-state index contributed by atoms with van der Waals surface area (Å²) < 4.78 is 0. The second kappa shape index (κ2) is 9.61. The normalized spacial score (nSPS) is 17.2. The van der Waals surface area contributed by atoms with Gasteiger partial charge in [0.15, 0.2) is 5.78 Å². The Labute approximate surface area is 153 Å². The molecular weight excluding hydrogens is 336 g/mol. The van der Waals surface area contributed by atoms with Crippen LogP contribution in [0.2, 0.25) is 0 Å². The molecule has 1 N–H and O–H groups in total. The quantitative estimate of drug-likeness (QED) is 0.512. The van der Waals surface area contributed by atoms with Gasteiger partial charge in [-0.3, -0.25) is 19.3 Å². The van der Waals surface area contributed by atoms with Crippen LogP contribution in [0.4, 0.5) is 5.69 Å². The first-order chi connectivity index (χ1) is 12.0. The van der Waals surface area contributed by atoms with Crippen molar-refractivity contribution in [1.82, 2.24) is 4.90 Å². The van der Waals surface area contributed by atoms with Crippen molar-refractivity contribution in [3.05, 3.63) is 29.8 Å². The van der Waals surface area contributed by atoms with E-state index >= 15 is 0 Å². The van der Waals surface area contributed by atoms with Crippen LogP contribution in [0.5, 0.6) is 0 Å². The molecule has 25 heavy (non-hydrogen) atoms. The largest absolute Gasteiger partial charge is 0.378 e. The first-order valence-corrected chi connectivity index (χ1v) is 9.99. The van der Waals surface area contributed by atoms with E-state index in [0.717, 1.165) is 24.9 Å². The van der Waals surface area contributed by atoms with Gasteiger partial charge in [0, 0.05) is 25.1 Å². The summed E-state index contributed by atoms with van der Waals surface area (Å²) in [6.07, 6.45) is 5.10. The van der Waals surface area contributed by atoms with Gasteiger partial charge in [0.25, 0.3) is 0 Å². The van der Waals surface area contributed by atoms with Crippen molar-refractivity contribution >= 4 is 35.0 Å². The Morgan fingerprint density at radius 2 is 1.92 bits per heavy atom. The molecule has 1 aromatic carbocycles. The van der Waals surface area contributed by atoms with Gasteiger partial charge in [-0.2, -0.15) is 11.8 Å². The monoisotopic (exact) mass is 362 g/mol. The summed E-state index contributed by atoms with van der Waals surface area (Å²) in [5.74, 6) is 0.0509. The number of carbonyl (C=O) groups is 3. The number of thioether (sulfide) groups is 1. The number of hydrogen-bond acceptors (Lipinski definition) is 5. The molecule has 0 aliphatic carbocycles. The summed E-state index contributed by atoms with van der Waals surface area (Å²) >= 11 is 1.44. The Kier molecular flexibility index (Phi) is 7.50. The number of rotatable bonds is 10. The molecular formula is C19H26N2O3S. The second-order valence-corrected chi connectivity index (χ2v) is 7.42. The van der Waals surface area contributed by atoms with E-state index < -0.39 is 0 Å². The molecule has 0 spiro atoms. The van der Waals surface area contributed by atoms with Crippen LogP contribution in [0.15, 0.2) is 24.3 Å². The number of nitrogens with one attached hydrogen (secondary N) is 1. The summed E-state index contributed by atoms with van der Waals surface area (Å²) in [4.78, 5) is 37.1. The molecule has 1 saturated heterocycles. The van der Waals surface area contributed by atoms with Gasteiger partial charge < -0.3 is 5.32 Å². The number of benzene rings is 1. The number of imide groups is 1. The number of carbonyl (C=O) groups excluding carboxylic acids is 3. The zero-order valence-corrected chi connectivity index (χ0v) is 15.7. The molecule has 0 radical (unpaired) electrons. The van der Waals surface area contributed by atoms with Crippen molar-refractivity contribution in [3.8, 4) is 0 Å². The average Bonchev–Trinajstić information content (AvgIpc) is 2.88. The fraction of sp³-hybridized carbons (Fsp3) is 0.526. The lowest BCUT2D eigenvalue weighted by Gasteiger charge is -2.14. The highest BCUT2D eigenvalue weighted by Gasteiger charge is 2.37. The summed E-state index contributed by atoms with van der Waals surface area (Å²) in [5, 5.41) is 2.92. The first-order valence-electron chi connectivity index (χ1n) is 8.70. The zero-order valence-electron chi connectivity index (χ0n) is 14.9. The van der Waals surface area contributed by atoms with Crippen molar-refractivity contribution in [2.24, 2.45) is 0 Å². The number of anilines is 1. The molecule has 136 valence electrons. The highest BCUT2D eigenvalue weighted by atomic mass is 32.2. The van der Waals surface area contributed by atoms with Gasteiger partial charge in [-0.25, -0.2) is 0 Å². The van der Waals surface area contributed by atoms with Crippen LogP contribution in [0.1, 0.15) is 37.7 Å². The Hall–Kier alpha value is -1.82. The van der Waals surface area contributed by atoms with Crippen LogP contribution < -0.4 is 5.32 Å². The Morgan fingerprint density at radius 1 is 1.20 bits per heavy atom. The predicted octanol–water partition coefficient (Wildman–Crippen LogP) is 3.03. The lowest BCUT2D eigenvalue weighted by atomic mass is 10.1. The highest BCUT2D eigenvalue weighted by Crippen LogP contribution is 2.23. The minimum atomic E-state index is -0.207. The molecule has 1 aromatic rings. The molecule has 0 aromatic heterocycles. The number of unbranched alkanes of at least 4 members (excludes halogenated alkanes) is 2. The van der Waals surface area contributed by atoms with Crippen LogP contribution in [-0.2, 0) is 14.4 Å². The maximum atomic E-state index is 12.0. The standard InChI is InChI=1S/C19H26N2O3S/c1-14-7-9-15(10-8-14)20-13-16(22)6-4-3-5-11-21-18(23)12-17(25-2)19(21)24/h7-10,17,20H,3-6,11-13H2,1-2H3. The Bertz CT molecular complexity index is 616. The van der Waals surface area contributed by atoms with Gasteiger partial charge in [0.05, 0.1) is 11.8 Å². The molecule has 5 nitrogen and oxygen atoms in total. The molecule has 1 aliphatic heterocycles. The van der Waals surface area contributed by atoms with Crippen LogP contribution in [0.25, 0.3) is 0 Å². The smallest absolute Gasteiger partial charge is 0.242 e. The van der Waals surface area contributed by atoms with E-state index in [4.69, 9.17) is 0 Å². The Balaban J connectivity index is 1.58. The van der Waals surface area contributed by atoms with Gasteiger partial charge >= 0.3 is 0 Å². The molecule has 0 bridgehead atoms. The SMILES string of the molecule is CSC1CC(=O)N(CCCCCC(=O)CNc2ccc(C)cc2)C1=O. The van der Waals surface area contributed by atoms with Crippen LogP contribution in [0, 0.1) is 6.92 Å². The van der Waals surface area contributed by atoms with Gasteiger partial charge in [0.2, 0.25) is 11.8 Å². The molecule has 1 fully saturated rings. The highest BCUT2D eigenvalue weighted by molar-refractivity contribution is 8.00. The first kappa shape index (κ1) is 19.5. The van der Waals surface area contributed by atoms with Gasteiger partial charge in [-0.1, -0.05) is 24.1 Å². The third kappa shape index (κ3) is 5.88.